The predicted molar refractivity (Wildman–Crippen MR) is 94.9 cm³/mol. The van der Waals surface area contributed by atoms with Gasteiger partial charge in [-0.05, 0) is 31.0 Å². The van der Waals surface area contributed by atoms with Crippen molar-refractivity contribution < 1.29 is 9.47 Å². The van der Waals surface area contributed by atoms with Crippen LogP contribution in [0.4, 0.5) is 5.69 Å². The van der Waals surface area contributed by atoms with Gasteiger partial charge in [0.2, 0.25) is 0 Å². The van der Waals surface area contributed by atoms with E-state index in [0.717, 1.165) is 49.9 Å². The first kappa shape index (κ1) is 18.8. The molecule has 0 unspecified atom stereocenters. The molecule has 0 bridgehead atoms. The molecule has 0 fully saturated rings. The lowest BCUT2D eigenvalue weighted by Gasteiger charge is -2.25. The average molecular weight is 324 g/mol. The SMILES string of the molecule is C=CCOCCCN(CCCOCC=C)c1cccc(Cl)c1. The van der Waals surface area contributed by atoms with Crippen LogP contribution in [0.25, 0.3) is 0 Å². The molecular formula is C18H26ClNO2. The molecule has 4 heteroatoms. The Morgan fingerprint density at radius 2 is 1.59 bits per heavy atom. The van der Waals surface area contributed by atoms with E-state index in [1.165, 1.54) is 0 Å². The summed E-state index contributed by atoms with van der Waals surface area (Å²) in [6, 6.07) is 7.95. The zero-order valence-corrected chi connectivity index (χ0v) is 13.9. The Balaban J connectivity index is 2.45. The van der Waals surface area contributed by atoms with Crippen LogP contribution in [0.5, 0.6) is 0 Å². The van der Waals surface area contributed by atoms with Crippen LogP contribution in [-0.4, -0.2) is 39.5 Å². The van der Waals surface area contributed by atoms with Gasteiger partial charge in [-0.25, -0.2) is 0 Å². The number of ether oxygens (including phenoxy) is 2. The number of nitrogens with zero attached hydrogens (tertiary/aromatic N) is 1. The number of hydrogen-bond acceptors (Lipinski definition) is 3. The van der Waals surface area contributed by atoms with Gasteiger partial charge in [-0.1, -0.05) is 29.8 Å². The molecule has 1 rings (SSSR count). The summed E-state index contributed by atoms with van der Waals surface area (Å²) in [6.07, 6.45) is 5.47. The van der Waals surface area contributed by atoms with Gasteiger partial charge in [0, 0.05) is 37.0 Å². The highest BCUT2D eigenvalue weighted by Crippen LogP contribution is 2.20. The van der Waals surface area contributed by atoms with Crippen LogP contribution in [-0.2, 0) is 9.47 Å². The summed E-state index contributed by atoms with van der Waals surface area (Å²) < 4.78 is 10.9. The summed E-state index contributed by atoms with van der Waals surface area (Å²) in [5.41, 5.74) is 1.14. The maximum Gasteiger partial charge on any atom is 0.0644 e. The van der Waals surface area contributed by atoms with Gasteiger partial charge in [0.15, 0.2) is 0 Å². The van der Waals surface area contributed by atoms with Crippen molar-refractivity contribution in [2.24, 2.45) is 0 Å². The van der Waals surface area contributed by atoms with Crippen LogP contribution in [0.1, 0.15) is 12.8 Å². The normalized spacial score (nSPS) is 10.4. The number of anilines is 1. The van der Waals surface area contributed by atoms with Crippen molar-refractivity contribution in [2.75, 3.05) is 44.4 Å². The predicted octanol–water partition coefficient (Wildman–Crippen LogP) is 4.33. The van der Waals surface area contributed by atoms with Crippen molar-refractivity contribution in [3.8, 4) is 0 Å². The zero-order valence-electron chi connectivity index (χ0n) is 13.2. The average Bonchev–Trinajstić information content (AvgIpc) is 2.52. The summed E-state index contributed by atoms with van der Waals surface area (Å²) in [5, 5.41) is 0.758. The van der Waals surface area contributed by atoms with E-state index < -0.39 is 0 Å². The van der Waals surface area contributed by atoms with Crippen molar-refractivity contribution in [1.29, 1.82) is 0 Å². The fourth-order valence-electron chi connectivity index (χ4n) is 2.09. The third kappa shape index (κ3) is 8.23. The molecule has 0 heterocycles. The van der Waals surface area contributed by atoms with Crippen molar-refractivity contribution >= 4 is 17.3 Å². The minimum Gasteiger partial charge on any atom is -0.377 e. The van der Waals surface area contributed by atoms with Crippen LogP contribution in [0.3, 0.4) is 0 Å². The lowest BCUT2D eigenvalue weighted by molar-refractivity contribution is 0.157. The minimum atomic E-state index is 0.604. The smallest absolute Gasteiger partial charge is 0.0644 e. The van der Waals surface area contributed by atoms with Crippen LogP contribution in [0.15, 0.2) is 49.6 Å². The number of rotatable bonds is 13. The first-order chi connectivity index (χ1) is 10.8. The molecule has 0 atom stereocenters. The first-order valence-electron chi connectivity index (χ1n) is 7.65. The molecule has 22 heavy (non-hydrogen) atoms. The molecule has 0 saturated heterocycles. The van der Waals surface area contributed by atoms with Crippen LogP contribution in [0, 0.1) is 0 Å². The topological polar surface area (TPSA) is 21.7 Å². The molecule has 0 aliphatic rings. The highest BCUT2D eigenvalue weighted by atomic mass is 35.5. The molecule has 0 N–H and O–H groups in total. The van der Waals surface area contributed by atoms with E-state index in [2.05, 4.69) is 24.1 Å². The van der Waals surface area contributed by atoms with E-state index >= 15 is 0 Å². The second kappa shape index (κ2) is 12.3. The molecule has 0 spiro atoms. The number of hydrogen-bond donors (Lipinski definition) is 0. The fourth-order valence-corrected chi connectivity index (χ4v) is 2.28. The second-order valence-electron chi connectivity index (χ2n) is 4.90. The van der Waals surface area contributed by atoms with Gasteiger partial charge in [0.1, 0.15) is 0 Å². The van der Waals surface area contributed by atoms with E-state index in [0.29, 0.717) is 13.2 Å². The van der Waals surface area contributed by atoms with Crippen molar-refractivity contribution in [3.63, 3.8) is 0 Å². The Morgan fingerprint density at radius 3 is 2.09 bits per heavy atom. The second-order valence-corrected chi connectivity index (χ2v) is 5.34. The van der Waals surface area contributed by atoms with E-state index in [9.17, 15) is 0 Å². The summed E-state index contributed by atoms with van der Waals surface area (Å²) in [6.45, 7) is 11.8. The largest absolute Gasteiger partial charge is 0.377 e. The maximum atomic E-state index is 6.10. The molecule has 0 aliphatic heterocycles. The maximum absolute atomic E-state index is 6.10. The van der Waals surface area contributed by atoms with E-state index in [1.807, 2.05) is 18.2 Å². The highest BCUT2D eigenvalue weighted by Gasteiger charge is 2.07. The molecule has 0 aromatic heterocycles. The molecule has 0 saturated carbocycles. The third-order valence-corrected chi connectivity index (χ3v) is 3.31. The van der Waals surface area contributed by atoms with Gasteiger partial charge >= 0.3 is 0 Å². The molecule has 1 aromatic carbocycles. The Kier molecular flexibility index (Phi) is 10.5. The zero-order chi connectivity index (χ0) is 16.0. The Labute approximate surface area is 139 Å². The summed E-state index contributed by atoms with van der Waals surface area (Å²) in [4.78, 5) is 2.32. The highest BCUT2D eigenvalue weighted by molar-refractivity contribution is 6.30. The monoisotopic (exact) mass is 323 g/mol. The van der Waals surface area contributed by atoms with Crippen molar-refractivity contribution in [2.45, 2.75) is 12.8 Å². The third-order valence-electron chi connectivity index (χ3n) is 3.08. The van der Waals surface area contributed by atoms with Gasteiger partial charge in [-0.2, -0.15) is 0 Å². The lowest BCUT2D eigenvalue weighted by atomic mass is 10.2. The number of halogens is 1. The van der Waals surface area contributed by atoms with E-state index in [4.69, 9.17) is 21.1 Å². The standard InChI is InChI=1S/C18H26ClNO2/c1-3-12-21-14-6-10-20(11-7-15-22-13-4-2)18-9-5-8-17(19)16-18/h3-5,8-9,16H,1-2,6-7,10-15H2. The van der Waals surface area contributed by atoms with Crippen LogP contribution in [0.2, 0.25) is 5.02 Å². The van der Waals surface area contributed by atoms with Crippen LogP contribution < -0.4 is 4.90 Å². The quantitative estimate of drug-likeness (QED) is 0.398. The van der Waals surface area contributed by atoms with Crippen molar-refractivity contribution in [1.82, 2.24) is 0 Å². The van der Waals surface area contributed by atoms with E-state index in [1.54, 1.807) is 12.2 Å². The molecule has 3 nitrogen and oxygen atoms in total. The Hall–Kier alpha value is -1.29. The molecule has 0 aliphatic carbocycles. The summed E-state index contributed by atoms with van der Waals surface area (Å²) >= 11 is 6.10. The molecule has 0 amide bonds. The van der Waals surface area contributed by atoms with Gasteiger partial charge in [0.05, 0.1) is 13.2 Å². The van der Waals surface area contributed by atoms with Gasteiger partial charge in [-0.15, -0.1) is 13.2 Å². The van der Waals surface area contributed by atoms with Gasteiger partial charge in [-0.3, -0.25) is 0 Å². The summed E-state index contributed by atoms with van der Waals surface area (Å²) in [7, 11) is 0. The van der Waals surface area contributed by atoms with Crippen LogP contribution >= 0.6 is 11.6 Å². The number of benzene rings is 1. The first-order valence-corrected chi connectivity index (χ1v) is 8.03. The van der Waals surface area contributed by atoms with Gasteiger partial charge in [0.25, 0.3) is 0 Å². The fraction of sp³-hybridized carbons (Fsp3) is 0.444. The lowest BCUT2D eigenvalue weighted by Crippen LogP contribution is -2.27. The Morgan fingerprint density at radius 1 is 1.00 bits per heavy atom. The minimum absolute atomic E-state index is 0.604. The Bertz CT molecular complexity index is 419. The molecule has 122 valence electrons. The van der Waals surface area contributed by atoms with E-state index in [-0.39, 0.29) is 0 Å². The summed E-state index contributed by atoms with van der Waals surface area (Å²) in [5.74, 6) is 0. The van der Waals surface area contributed by atoms with Crippen molar-refractivity contribution in [3.05, 3.63) is 54.6 Å². The molecule has 0 radical (unpaired) electrons. The molecular weight excluding hydrogens is 298 g/mol. The van der Waals surface area contributed by atoms with Gasteiger partial charge < -0.3 is 14.4 Å². The molecule has 1 aromatic rings.